The first-order valence-corrected chi connectivity index (χ1v) is 17.8. The predicted octanol–water partition coefficient (Wildman–Crippen LogP) is 11.5. The van der Waals surface area contributed by atoms with E-state index in [2.05, 4.69) is 71.9 Å². The maximum Gasteiger partial charge on any atom is 0.343 e. The number of benzene rings is 4. The number of Topliss-reactive ketones (excluding diaryl/α,β-unsaturated/α-hetero) is 1. The van der Waals surface area contributed by atoms with Crippen LogP contribution in [0, 0.1) is 19.8 Å². The van der Waals surface area contributed by atoms with Gasteiger partial charge in [-0.25, -0.2) is 4.79 Å². The Bertz CT molecular complexity index is 1730. The Kier molecular flexibility index (Phi) is 10.6. The Balaban J connectivity index is 1.38. The van der Waals surface area contributed by atoms with Crippen LogP contribution in [0.25, 0.3) is 10.8 Å². The molecule has 248 valence electrons. The van der Waals surface area contributed by atoms with Gasteiger partial charge in [0.1, 0.15) is 17.1 Å². The van der Waals surface area contributed by atoms with Crippen molar-refractivity contribution in [2.75, 3.05) is 0 Å². The fraction of sp³-hybridized carbons (Fsp3) is 0.442. The highest BCUT2D eigenvalue weighted by molar-refractivity contribution is 6.02. The van der Waals surface area contributed by atoms with Crippen LogP contribution in [0.2, 0.25) is 0 Å². The lowest BCUT2D eigenvalue weighted by molar-refractivity contribution is 0.0733. The summed E-state index contributed by atoms with van der Waals surface area (Å²) < 4.78 is 12.5. The molecule has 0 heterocycles. The zero-order valence-electron chi connectivity index (χ0n) is 29.5. The largest absolute Gasteiger partial charge is 0.487 e. The molecule has 0 atom stereocenters. The third-order valence-electron chi connectivity index (χ3n) is 10.9. The van der Waals surface area contributed by atoms with Crippen LogP contribution >= 0.6 is 0 Å². The summed E-state index contributed by atoms with van der Waals surface area (Å²) in [5.74, 6) is 1.38. The number of carbonyl (C=O) groups is 2. The van der Waals surface area contributed by atoms with Crippen molar-refractivity contribution in [1.82, 2.24) is 0 Å². The topological polar surface area (TPSA) is 52.6 Å². The SMILES string of the molecule is CCC(CC)C(=O)c1ccc2cc(C(=O)Oc3ccc(C4(c5ccc(OC(C)(CC)CC)c(C)c5)CCCCC4)cc3C)ccc2c1. The lowest BCUT2D eigenvalue weighted by Crippen LogP contribution is -2.32. The van der Waals surface area contributed by atoms with E-state index in [-0.39, 0.29) is 28.7 Å². The second-order valence-electron chi connectivity index (χ2n) is 13.9. The zero-order valence-corrected chi connectivity index (χ0v) is 29.5. The summed E-state index contributed by atoms with van der Waals surface area (Å²) >= 11 is 0. The van der Waals surface area contributed by atoms with Gasteiger partial charge in [0.2, 0.25) is 0 Å². The molecule has 0 amide bonds. The molecule has 4 nitrogen and oxygen atoms in total. The van der Waals surface area contributed by atoms with Gasteiger partial charge in [-0.15, -0.1) is 0 Å². The van der Waals surface area contributed by atoms with E-state index in [9.17, 15) is 9.59 Å². The summed E-state index contributed by atoms with van der Waals surface area (Å²) in [5.41, 5.74) is 5.70. The van der Waals surface area contributed by atoms with Gasteiger partial charge in [-0.05, 0) is 123 Å². The van der Waals surface area contributed by atoms with Gasteiger partial charge in [0.25, 0.3) is 0 Å². The van der Waals surface area contributed by atoms with Crippen molar-refractivity contribution in [3.8, 4) is 11.5 Å². The second kappa shape index (κ2) is 14.5. The van der Waals surface area contributed by atoms with Gasteiger partial charge in [0.15, 0.2) is 5.78 Å². The molecule has 4 aromatic carbocycles. The number of carbonyl (C=O) groups excluding carboxylic acids is 2. The summed E-state index contributed by atoms with van der Waals surface area (Å²) in [7, 11) is 0. The van der Waals surface area contributed by atoms with Crippen LogP contribution in [0.15, 0.2) is 72.8 Å². The third kappa shape index (κ3) is 7.17. The molecular weight excluding hydrogens is 580 g/mol. The number of ketones is 1. The standard InChI is InChI=1S/C43H52O4/c1-8-31(9-2)40(44)34-17-15-33-28-35(18-16-32(33)27-34)41(45)46-38-21-19-36(25-29(38)5)43(23-13-12-14-24-43)37-20-22-39(30(6)26-37)47-42(7,10-3)11-4/h15-22,25-28,31H,8-14,23-24H2,1-7H3. The quantitative estimate of drug-likeness (QED) is 0.0886. The molecule has 47 heavy (non-hydrogen) atoms. The average Bonchev–Trinajstić information content (AvgIpc) is 3.10. The molecule has 5 rings (SSSR count). The summed E-state index contributed by atoms with van der Waals surface area (Å²) in [6.07, 6.45) is 9.41. The third-order valence-corrected chi connectivity index (χ3v) is 10.9. The van der Waals surface area contributed by atoms with Gasteiger partial charge in [0.05, 0.1) is 5.56 Å². The van der Waals surface area contributed by atoms with E-state index in [1.807, 2.05) is 43.3 Å². The van der Waals surface area contributed by atoms with Crippen molar-refractivity contribution in [2.24, 2.45) is 5.92 Å². The molecule has 0 bridgehead atoms. The summed E-state index contributed by atoms with van der Waals surface area (Å²) in [4.78, 5) is 26.2. The highest BCUT2D eigenvalue weighted by Crippen LogP contribution is 2.47. The second-order valence-corrected chi connectivity index (χ2v) is 13.9. The van der Waals surface area contributed by atoms with Crippen molar-refractivity contribution in [1.29, 1.82) is 0 Å². The molecule has 0 aromatic heterocycles. The van der Waals surface area contributed by atoms with Gasteiger partial charge in [-0.1, -0.05) is 89.4 Å². The Morgan fingerprint density at radius 2 is 1.23 bits per heavy atom. The molecule has 1 saturated carbocycles. The first-order valence-electron chi connectivity index (χ1n) is 17.8. The van der Waals surface area contributed by atoms with Gasteiger partial charge < -0.3 is 9.47 Å². The normalized spacial score (nSPS) is 14.7. The molecule has 4 heteroatoms. The smallest absolute Gasteiger partial charge is 0.343 e. The molecule has 1 aliphatic carbocycles. The highest BCUT2D eigenvalue weighted by atomic mass is 16.5. The van der Waals surface area contributed by atoms with Crippen LogP contribution < -0.4 is 9.47 Å². The van der Waals surface area contributed by atoms with Crippen LogP contribution in [-0.2, 0) is 5.41 Å². The van der Waals surface area contributed by atoms with Crippen LogP contribution in [0.5, 0.6) is 11.5 Å². The number of hydrogen-bond acceptors (Lipinski definition) is 4. The van der Waals surface area contributed by atoms with E-state index >= 15 is 0 Å². The molecule has 0 aliphatic heterocycles. The fourth-order valence-electron chi connectivity index (χ4n) is 7.26. The van der Waals surface area contributed by atoms with E-state index < -0.39 is 0 Å². The lowest BCUT2D eigenvalue weighted by atomic mass is 9.65. The first kappa shape index (κ1) is 34.4. The molecule has 0 saturated heterocycles. The Hall–Kier alpha value is -3.92. The van der Waals surface area contributed by atoms with E-state index in [0.717, 1.165) is 66.2 Å². The predicted molar refractivity (Wildman–Crippen MR) is 193 cm³/mol. The van der Waals surface area contributed by atoms with Gasteiger partial charge in [-0.2, -0.15) is 0 Å². The van der Waals surface area contributed by atoms with Crippen LogP contribution in [-0.4, -0.2) is 17.4 Å². The van der Waals surface area contributed by atoms with E-state index in [1.165, 1.54) is 36.0 Å². The molecule has 0 unspecified atom stereocenters. The number of hydrogen-bond donors (Lipinski definition) is 0. The first-order chi connectivity index (χ1) is 22.6. The minimum absolute atomic E-state index is 0.0385. The van der Waals surface area contributed by atoms with Crippen LogP contribution in [0.1, 0.15) is 135 Å². The maximum atomic E-state index is 13.3. The van der Waals surface area contributed by atoms with Gasteiger partial charge in [0, 0.05) is 16.9 Å². The molecular formula is C43H52O4. The fourth-order valence-corrected chi connectivity index (χ4v) is 7.26. The van der Waals surface area contributed by atoms with Crippen LogP contribution in [0.4, 0.5) is 0 Å². The van der Waals surface area contributed by atoms with Crippen LogP contribution in [0.3, 0.4) is 0 Å². The number of fused-ring (bicyclic) bond motifs is 1. The van der Waals surface area contributed by atoms with E-state index in [4.69, 9.17) is 9.47 Å². The van der Waals surface area contributed by atoms with Crippen molar-refractivity contribution in [2.45, 2.75) is 117 Å². The number of ether oxygens (including phenoxy) is 2. The zero-order chi connectivity index (χ0) is 33.8. The summed E-state index contributed by atoms with van der Waals surface area (Å²) in [5, 5.41) is 1.85. The number of aryl methyl sites for hydroxylation is 2. The molecule has 1 fully saturated rings. The molecule has 1 aliphatic rings. The van der Waals surface area contributed by atoms with Crippen molar-refractivity contribution < 1.29 is 19.1 Å². The number of rotatable bonds is 12. The van der Waals surface area contributed by atoms with E-state index in [1.54, 1.807) is 6.07 Å². The van der Waals surface area contributed by atoms with Crippen molar-refractivity contribution >= 4 is 22.5 Å². The van der Waals surface area contributed by atoms with E-state index in [0.29, 0.717) is 11.3 Å². The minimum Gasteiger partial charge on any atom is -0.487 e. The molecule has 0 radical (unpaired) electrons. The minimum atomic E-state index is -0.385. The maximum absolute atomic E-state index is 13.3. The Morgan fingerprint density at radius 3 is 1.77 bits per heavy atom. The number of esters is 1. The summed E-state index contributed by atoms with van der Waals surface area (Å²) in [6.45, 7) is 14.9. The lowest BCUT2D eigenvalue weighted by Gasteiger charge is -2.39. The van der Waals surface area contributed by atoms with Crippen molar-refractivity contribution in [3.63, 3.8) is 0 Å². The van der Waals surface area contributed by atoms with Gasteiger partial charge >= 0.3 is 5.97 Å². The molecule has 0 spiro atoms. The molecule has 0 N–H and O–H groups in total. The highest BCUT2D eigenvalue weighted by Gasteiger charge is 2.36. The van der Waals surface area contributed by atoms with Gasteiger partial charge in [-0.3, -0.25) is 4.79 Å². The average molecular weight is 633 g/mol. The monoisotopic (exact) mass is 632 g/mol. The Labute approximate surface area is 281 Å². The molecule has 4 aromatic rings. The van der Waals surface area contributed by atoms with Crippen molar-refractivity contribution in [3.05, 3.63) is 106 Å². The Morgan fingerprint density at radius 1 is 0.702 bits per heavy atom. The summed E-state index contributed by atoms with van der Waals surface area (Å²) in [6, 6.07) is 24.4.